The zero-order valence-corrected chi connectivity index (χ0v) is 16.6. The van der Waals surface area contributed by atoms with E-state index in [0.717, 1.165) is 15.1 Å². The van der Waals surface area contributed by atoms with Gasteiger partial charge < -0.3 is 10.1 Å². The van der Waals surface area contributed by atoms with Gasteiger partial charge in [0, 0.05) is 17.6 Å². The Labute approximate surface area is 164 Å². The summed E-state index contributed by atoms with van der Waals surface area (Å²) in [6, 6.07) is 19.4. The fraction of sp³-hybridized carbons (Fsp3) is 0.190. The van der Waals surface area contributed by atoms with Crippen LogP contribution in [0.5, 0.6) is 5.75 Å². The summed E-state index contributed by atoms with van der Waals surface area (Å²) < 4.78 is 31.9. The van der Waals surface area contributed by atoms with Gasteiger partial charge in [-0.15, -0.1) is 0 Å². The van der Waals surface area contributed by atoms with Gasteiger partial charge in [-0.05, 0) is 35.7 Å². The van der Waals surface area contributed by atoms with Crippen molar-refractivity contribution in [3.63, 3.8) is 0 Å². The second-order valence-electron chi connectivity index (χ2n) is 6.18. The van der Waals surface area contributed by atoms with E-state index in [1.165, 1.54) is 19.2 Å². The minimum absolute atomic E-state index is 0.119. The Morgan fingerprint density at radius 3 is 2.36 bits per heavy atom. The zero-order valence-electron chi connectivity index (χ0n) is 15.8. The van der Waals surface area contributed by atoms with E-state index in [1.807, 2.05) is 36.4 Å². The van der Waals surface area contributed by atoms with Crippen molar-refractivity contribution < 1.29 is 17.9 Å². The van der Waals surface area contributed by atoms with Crippen LogP contribution >= 0.6 is 0 Å². The van der Waals surface area contributed by atoms with E-state index in [9.17, 15) is 13.2 Å². The molecule has 0 aliphatic rings. The van der Waals surface area contributed by atoms with Crippen molar-refractivity contribution in [3.05, 3.63) is 66.7 Å². The number of ether oxygens (including phenoxy) is 1. The fourth-order valence-electron chi connectivity index (χ4n) is 2.95. The second-order valence-corrected chi connectivity index (χ2v) is 8.12. The van der Waals surface area contributed by atoms with Crippen molar-refractivity contribution in [2.24, 2.45) is 0 Å². The summed E-state index contributed by atoms with van der Waals surface area (Å²) in [5.74, 6) is 0.172. The van der Waals surface area contributed by atoms with Gasteiger partial charge in [-0.3, -0.25) is 4.79 Å². The van der Waals surface area contributed by atoms with Crippen LogP contribution in [0.15, 0.2) is 71.6 Å². The highest BCUT2D eigenvalue weighted by Crippen LogP contribution is 2.23. The number of hydrogen-bond donors (Lipinski definition) is 1. The highest BCUT2D eigenvalue weighted by molar-refractivity contribution is 7.89. The first-order valence-corrected chi connectivity index (χ1v) is 10.3. The standard InChI is InChI=1S/C21H22N2O4S/c1-3-23(28(25,26)18-13-11-17(27-2)12-14-18)15-21(24)22-20-10-6-8-16-7-4-5-9-19(16)20/h4-14H,3,15H2,1-2H3,(H,22,24). The molecule has 1 N–H and O–H groups in total. The van der Waals surface area contributed by atoms with E-state index < -0.39 is 15.9 Å². The first-order chi connectivity index (χ1) is 13.5. The molecular formula is C21H22N2O4S. The molecule has 1 amide bonds. The van der Waals surface area contributed by atoms with Gasteiger partial charge in [0.2, 0.25) is 15.9 Å². The molecule has 0 spiro atoms. The van der Waals surface area contributed by atoms with Crippen LogP contribution in [0.1, 0.15) is 6.92 Å². The van der Waals surface area contributed by atoms with Crippen LogP contribution in [0.4, 0.5) is 5.69 Å². The van der Waals surface area contributed by atoms with Gasteiger partial charge in [0.05, 0.1) is 18.6 Å². The highest BCUT2D eigenvalue weighted by Gasteiger charge is 2.25. The summed E-state index contributed by atoms with van der Waals surface area (Å²) in [6.45, 7) is 1.61. The number of fused-ring (bicyclic) bond motifs is 1. The molecule has 0 saturated heterocycles. The van der Waals surface area contributed by atoms with E-state index in [1.54, 1.807) is 25.1 Å². The second kappa shape index (κ2) is 8.41. The number of hydrogen-bond acceptors (Lipinski definition) is 4. The quantitative estimate of drug-likeness (QED) is 0.661. The summed E-state index contributed by atoms with van der Waals surface area (Å²) in [5.41, 5.74) is 0.654. The number of amides is 1. The Morgan fingerprint density at radius 2 is 1.68 bits per heavy atom. The van der Waals surface area contributed by atoms with Gasteiger partial charge in [-0.1, -0.05) is 43.3 Å². The van der Waals surface area contributed by atoms with Crippen molar-refractivity contribution in [2.45, 2.75) is 11.8 Å². The van der Waals surface area contributed by atoms with E-state index in [0.29, 0.717) is 11.4 Å². The molecular weight excluding hydrogens is 376 g/mol. The molecule has 0 bridgehead atoms. The third kappa shape index (κ3) is 4.16. The lowest BCUT2D eigenvalue weighted by molar-refractivity contribution is -0.116. The Morgan fingerprint density at radius 1 is 1.00 bits per heavy atom. The summed E-state index contributed by atoms with van der Waals surface area (Å²) in [6.07, 6.45) is 0. The van der Waals surface area contributed by atoms with Crippen LogP contribution in [0.25, 0.3) is 10.8 Å². The van der Waals surface area contributed by atoms with E-state index in [-0.39, 0.29) is 18.0 Å². The lowest BCUT2D eigenvalue weighted by atomic mass is 10.1. The number of nitrogens with one attached hydrogen (secondary N) is 1. The smallest absolute Gasteiger partial charge is 0.243 e. The van der Waals surface area contributed by atoms with Crippen LogP contribution in [0.2, 0.25) is 0 Å². The minimum atomic E-state index is -3.79. The molecule has 3 aromatic rings. The molecule has 0 fully saturated rings. The molecule has 7 heteroatoms. The summed E-state index contributed by atoms with van der Waals surface area (Å²) in [7, 11) is -2.28. The van der Waals surface area contributed by atoms with Gasteiger partial charge in [-0.25, -0.2) is 8.42 Å². The molecule has 0 heterocycles. The predicted molar refractivity (Wildman–Crippen MR) is 110 cm³/mol. The molecule has 0 unspecified atom stereocenters. The molecule has 0 aromatic heterocycles. The molecule has 0 atom stereocenters. The number of nitrogens with zero attached hydrogens (tertiary/aromatic N) is 1. The van der Waals surface area contributed by atoms with E-state index in [4.69, 9.17) is 4.74 Å². The maximum Gasteiger partial charge on any atom is 0.243 e. The van der Waals surface area contributed by atoms with Gasteiger partial charge in [0.15, 0.2) is 0 Å². The van der Waals surface area contributed by atoms with Crippen LogP contribution in [0.3, 0.4) is 0 Å². The number of methoxy groups -OCH3 is 1. The summed E-state index contributed by atoms with van der Waals surface area (Å²) >= 11 is 0. The van der Waals surface area contributed by atoms with Crippen LogP contribution in [-0.2, 0) is 14.8 Å². The molecule has 0 saturated carbocycles. The number of sulfonamides is 1. The van der Waals surface area contributed by atoms with Crippen LogP contribution in [0, 0.1) is 0 Å². The number of rotatable bonds is 7. The SMILES string of the molecule is CCN(CC(=O)Nc1cccc2ccccc12)S(=O)(=O)c1ccc(OC)cc1. The number of carbonyl (C=O) groups is 1. The van der Waals surface area contributed by atoms with Gasteiger partial charge >= 0.3 is 0 Å². The largest absolute Gasteiger partial charge is 0.497 e. The third-order valence-electron chi connectivity index (χ3n) is 4.43. The molecule has 0 aliphatic heterocycles. The first-order valence-electron chi connectivity index (χ1n) is 8.87. The minimum Gasteiger partial charge on any atom is -0.497 e. The topological polar surface area (TPSA) is 75.7 Å². The number of likely N-dealkylation sites (N-methyl/N-ethyl adjacent to an activating group) is 1. The Bertz CT molecular complexity index is 1070. The average molecular weight is 398 g/mol. The Balaban J connectivity index is 1.78. The highest BCUT2D eigenvalue weighted by atomic mass is 32.2. The Kier molecular flexibility index (Phi) is 5.96. The zero-order chi connectivity index (χ0) is 20.1. The average Bonchev–Trinajstić information content (AvgIpc) is 2.72. The Hall–Kier alpha value is -2.90. The molecule has 28 heavy (non-hydrogen) atoms. The predicted octanol–water partition coefficient (Wildman–Crippen LogP) is 3.50. The molecule has 6 nitrogen and oxygen atoms in total. The normalized spacial score (nSPS) is 11.5. The van der Waals surface area contributed by atoms with Crippen molar-refractivity contribution in [1.82, 2.24) is 4.31 Å². The molecule has 3 rings (SSSR count). The van der Waals surface area contributed by atoms with Gasteiger partial charge in [0.1, 0.15) is 5.75 Å². The first kappa shape index (κ1) is 19.9. The van der Waals surface area contributed by atoms with Gasteiger partial charge in [0.25, 0.3) is 0 Å². The van der Waals surface area contributed by atoms with Crippen LogP contribution in [-0.4, -0.2) is 38.8 Å². The number of benzene rings is 3. The summed E-state index contributed by atoms with van der Waals surface area (Å²) in [4.78, 5) is 12.7. The van der Waals surface area contributed by atoms with Crippen molar-refractivity contribution in [1.29, 1.82) is 0 Å². The lowest BCUT2D eigenvalue weighted by Gasteiger charge is -2.20. The van der Waals surface area contributed by atoms with Crippen molar-refractivity contribution >= 4 is 32.4 Å². The van der Waals surface area contributed by atoms with Crippen LogP contribution < -0.4 is 10.1 Å². The third-order valence-corrected chi connectivity index (χ3v) is 6.37. The maximum absolute atomic E-state index is 12.9. The maximum atomic E-state index is 12.9. The van der Waals surface area contributed by atoms with Crippen molar-refractivity contribution in [3.8, 4) is 5.75 Å². The van der Waals surface area contributed by atoms with Crippen molar-refractivity contribution in [2.75, 3.05) is 25.5 Å². The summed E-state index contributed by atoms with van der Waals surface area (Å²) in [5, 5.41) is 4.73. The fourth-order valence-corrected chi connectivity index (χ4v) is 4.35. The number of carbonyl (C=O) groups excluding carboxylic acids is 1. The van der Waals surface area contributed by atoms with E-state index in [2.05, 4.69) is 5.32 Å². The van der Waals surface area contributed by atoms with E-state index >= 15 is 0 Å². The molecule has 0 aliphatic carbocycles. The molecule has 146 valence electrons. The number of anilines is 1. The monoisotopic (exact) mass is 398 g/mol. The molecule has 0 radical (unpaired) electrons. The molecule has 3 aromatic carbocycles. The van der Waals surface area contributed by atoms with Gasteiger partial charge in [-0.2, -0.15) is 4.31 Å². The lowest BCUT2D eigenvalue weighted by Crippen LogP contribution is -2.37.